The Kier molecular flexibility index (Phi) is 3.98. The van der Waals surface area contributed by atoms with Gasteiger partial charge in [0.15, 0.2) is 0 Å². The van der Waals surface area contributed by atoms with Crippen molar-refractivity contribution in [3.05, 3.63) is 34.9 Å². The van der Waals surface area contributed by atoms with Crippen molar-refractivity contribution < 1.29 is 8.91 Å². The van der Waals surface area contributed by atoms with Crippen LogP contribution in [0.2, 0.25) is 5.02 Å². The fourth-order valence-electron chi connectivity index (χ4n) is 2.47. The van der Waals surface area contributed by atoms with Gasteiger partial charge in [0.25, 0.3) is 0 Å². The van der Waals surface area contributed by atoms with Gasteiger partial charge in [0.1, 0.15) is 5.82 Å². The summed E-state index contributed by atoms with van der Waals surface area (Å²) in [5.41, 5.74) is 0.573. The average Bonchev–Trinajstić information content (AvgIpc) is 3.07. The van der Waals surface area contributed by atoms with Crippen LogP contribution in [-0.2, 0) is 6.54 Å². The van der Waals surface area contributed by atoms with Crippen molar-refractivity contribution in [2.45, 2.75) is 38.3 Å². The van der Waals surface area contributed by atoms with E-state index in [2.05, 4.69) is 15.5 Å². The Labute approximate surface area is 121 Å². The second-order valence-corrected chi connectivity index (χ2v) is 5.41. The predicted octanol–water partition coefficient (Wildman–Crippen LogP) is 3.56. The summed E-state index contributed by atoms with van der Waals surface area (Å²) in [4.78, 5) is 4.28. The van der Waals surface area contributed by atoms with E-state index in [1.165, 1.54) is 37.8 Å². The molecule has 1 N–H and O–H groups in total. The molecule has 0 radical (unpaired) electrons. The molecule has 106 valence electrons. The Morgan fingerprint density at radius 3 is 2.90 bits per heavy atom. The Balaban J connectivity index is 1.69. The van der Waals surface area contributed by atoms with Gasteiger partial charge < -0.3 is 9.84 Å². The van der Waals surface area contributed by atoms with Crippen LogP contribution in [0.3, 0.4) is 0 Å². The number of nitrogens with zero attached hydrogens (tertiary/aromatic N) is 2. The zero-order valence-corrected chi connectivity index (χ0v) is 11.7. The first-order chi connectivity index (χ1) is 9.72. The maximum atomic E-state index is 13.0. The summed E-state index contributed by atoms with van der Waals surface area (Å²) in [5, 5.41) is 7.57. The number of rotatable bonds is 4. The van der Waals surface area contributed by atoms with E-state index in [-0.39, 0.29) is 10.8 Å². The maximum absolute atomic E-state index is 13.0. The van der Waals surface area contributed by atoms with Crippen LogP contribution in [0.4, 0.5) is 4.39 Å². The highest BCUT2D eigenvalue weighted by molar-refractivity contribution is 6.33. The van der Waals surface area contributed by atoms with Gasteiger partial charge in [0.05, 0.1) is 11.6 Å². The van der Waals surface area contributed by atoms with Gasteiger partial charge in [-0.25, -0.2) is 4.39 Å². The van der Waals surface area contributed by atoms with E-state index >= 15 is 0 Å². The SMILES string of the molecule is Fc1ccc(-c2noc(CNC3CCCC3)n2)c(Cl)c1. The molecule has 1 saturated carbocycles. The van der Waals surface area contributed by atoms with Crippen LogP contribution >= 0.6 is 11.6 Å². The second kappa shape index (κ2) is 5.89. The smallest absolute Gasteiger partial charge is 0.240 e. The van der Waals surface area contributed by atoms with E-state index in [1.807, 2.05) is 0 Å². The number of nitrogens with one attached hydrogen (secondary N) is 1. The van der Waals surface area contributed by atoms with Gasteiger partial charge in [-0.05, 0) is 31.0 Å². The van der Waals surface area contributed by atoms with E-state index in [0.29, 0.717) is 29.9 Å². The van der Waals surface area contributed by atoms with E-state index in [1.54, 1.807) is 6.07 Å². The third-order valence-electron chi connectivity index (χ3n) is 3.54. The van der Waals surface area contributed by atoms with Crippen molar-refractivity contribution in [3.8, 4) is 11.4 Å². The molecule has 1 aromatic heterocycles. The summed E-state index contributed by atoms with van der Waals surface area (Å²) in [6, 6.07) is 4.66. The largest absolute Gasteiger partial charge is 0.338 e. The molecule has 1 fully saturated rings. The average molecular weight is 296 g/mol. The number of halogens is 2. The van der Waals surface area contributed by atoms with Crippen molar-refractivity contribution in [3.63, 3.8) is 0 Å². The molecule has 6 heteroatoms. The number of benzene rings is 1. The van der Waals surface area contributed by atoms with Gasteiger partial charge in [-0.15, -0.1) is 0 Å². The topological polar surface area (TPSA) is 51.0 Å². The highest BCUT2D eigenvalue weighted by Crippen LogP contribution is 2.26. The molecule has 0 atom stereocenters. The van der Waals surface area contributed by atoms with Crippen LogP contribution in [-0.4, -0.2) is 16.2 Å². The standard InChI is InChI=1S/C14H15ClFN3O/c15-12-7-9(16)5-6-11(12)14-18-13(20-19-14)8-17-10-3-1-2-4-10/h5-7,10,17H,1-4,8H2. The number of hydrogen-bond donors (Lipinski definition) is 1. The van der Waals surface area contributed by atoms with E-state index < -0.39 is 0 Å². The summed E-state index contributed by atoms with van der Waals surface area (Å²) >= 11 is 5.98. The predicted molar refractivity (Wildman–Crippen MR) is 73.8 cm³/mol. The lowest BCUT2D eigenvalue weighted by Gasteiger charge is -2.08. The molecule has 3 rings (SSSR count). The molecule has 0 amide bonds. The molecule has 0 bridgehead atoms. The van der Waals surface area contributed by atoms with Crippen molar-refractivity contribution in [1.29, 1.82) is 0 Å². The highest BCUT2D eigenvalue weighted by atomic mass is 35.5. The molecule has 4 nitrogen and oxygen atoms in total. The monoisotopic (exact) mass is 295 g/mol. The Bertz CT molecular complexity index is 596. The summed E-state index contributed by atoms with van der Waals surface area (Å²) in [7, 11) is 0. The first kappa shape index (κ1) is 13.5. The van der Waals surface area contributed by atoms with Crippen LogP contribution in [0.5, 0.6) is 0 Å². The third kappa shape index (κ3) is 2.99. The van der Waals surface area contributed by atoms with Crippen LogP contribution in [0.25, 0.3) is 11.4 Å². The zero-order valence-electron chi connectivity index (χ0n) is 10.9. The van der Waals surface area contributed by atoms with Crippen LogP contribution in [0.1, 0.15) is 31.6 Å². The van der Waals surface area contributed by atoms with Gasteiger partial charge in [-0.1, -0.05) is 29.6 Å². The minimum absolute atomic E-state index is 0.279. The number of hydrogen-bond acceptors (Lipinski definition) is 4. The van der Waals surface area contributed by atoms with Gasteiger partial charge in [0, 0.05) is 11.6 Å². The molecule has 0 unspecified atom stereocenters. The van der Waals surface area contributed by atoms with Crippen molar-refractivity contribution in [2.24, 2.45) is 0 Å². The van der Waals surface area contributed by atoms with Crippen molar-refractivity contribution in [2.75, 3.05) is 0 Å². The number of aromatic nitrogens is 2. The molecule has 0 spiro atoms. The molecule has 1 heterocycles. The summed E-state index contributed by atoms with van der Waals surface area (Å²) in [6.07, 6.45) is 4.95. The maximum Gasteiger partial charge on any atom is 0.240 e. The fourth-order valence-corrected chi connectivity index (χ4v) is 2.72. The third-order valence-corrected chi connectivity index (χ3v) is 3.85. The molecule has 1 aliphatic rings. The first-order valence-electron chi connectivity index (χ1n) is 6.74. The van der Waals surface area contributed by atoms with E-state index in [4.69, 9.17) is 16.1 Å². The minimum atomic E-state index is -0.384. The summed E-state index contributed by atoms with van der Waals surface area (Å²) in [6.45, 7) is 0.552. The molecule has 0 aliphatic heterocycles. The Hall–Kier alpha value is -1.46. The highest BCUT2D eigenvalue weighted by Gasteiger charge is 2.16. The lowest BCUT2D eigenvalue weighted by molar-refractivity contribution is 0.357. The van der Waals surface area contributed by atoms with Gasteiger partial charge in [-0.3, -0.25) is 0 Å². The molecule has 1 aromatic carbocycles. The quantitative estimate of drug-likeness (QED) is 0.937. The Morgan fingerprint density at radius 1 is 1.35 bits per heavy atom. The fraction of sp³-hybridized carbons (Fsp3) is 0.429. The first-order valence-corrected chi connectivity index (χ1v) is 7.11. The van der Waals surface area contributed by atoms with E-state index in [0.717, 1.165) is 0 Å². The van der Waals surface area contributed by atoms with Gasteiger partial charge in [0.2, 0.25) is 11.7 Å². The summed E-state index contributed by atoms with van der Waals surface area (Å²) in [5.74, 6) is 0.524. The Morgan fingerprint density at radius 2 is 2.15 bits per heavy atom. The van der Waals surface area contributed by atoms with Crippen LogP contribution in [0.15, 0.2) is 22.7 Å². The zero-order chi connectivity index (χ0) is 13.9. The van der Waals surface area contributed by atoms with Crippen LogP contribution < -0.4 is 5.32 Å². The lowest BCUT2D eigenvalue weighted by atomic mass is 10.2. The van der Waals surface area contributed by atoms with E-state index in [9.17, 15) is 4.39 Å². The molecular formula is C14H15ClFN3O. The summed E-state index contributed by atoms with van der Waals surface area (Å²) < 4.78 is 18.2. The molecule has 20 heavy (non-hydrogen) atoms. The normalized spacial score (nSPS) is 15.9. The minimum Gasteiger partial charge on any atom is -0.338 e. The van der Waals surface area contributed by atoms with Crippen molar-refractivity contribution >= 4 is 11.6 Å². The molecule has 2 aromatic rings. The molecule has 1 aliphatic carbocycles. The molecule has 0 saturated heterocycles. The van der Waals surface area contributed by atoms with Gasteiger partial charge in [-0.2, -0.15) is 4.98 Å². The van der Waals surface area contributed by atoms with Crippen molar-refractivity contribution in [1.82, 2.24) is 15.5 Å². The lowest BCUT2D eigenvalue weighted by Crippen LogP contribution is -2.25. The second-order valence-electron chi connectivity index (χ2n) is 5.00. The van der Waals surface area contributed by atoms with Gasteiger partial charge >= 0.3 is 0 Å². The molecular weight excluding hydrogens is 281 g/mol. The van der Waals surface area contributed by atoms with Crippen LogP contribution in [0, 0.1) is 5.82 Å².